The number of aryl methyl sites for hydroxylation is 1. The SMILES string of the molecule is COc1cc(C)nc(CN(C)CC#N)c1. The van der Waals surface area contributed by atoms with Crippen molar-refractivity contribution in [3.05, 3.63) is 23.5 Å². The quantitative estimate of drug-likeness (QED) is 0.696. The van der Waals surface area contributed by atoms with E-state index in [1.165, 1.54) is 0 Å². The summed E-state index contributed by atoms with van der Waals surface area (Å²) in [7, 11) is 3.53. The summed E-state index contributed by atoms with van der Waals surface area (Å²) in [6, 6.07) is 5.87. The van der Waals surface area contributed by atoms with Gasteiger partial charge in [0.2, 0.25) is 0 Å². The lowest BCUT2D eigenvalue weighted by Gasteiger charge is -2.12. The average Bonchev–Trinajstić information content (AvgIpc) is 2.17. The van der Waals surface area contributed by atoms with E-state index in [4.69, 9.17) is 10.00 Å². The van der Waals surface area contributed by atoms with Gasteiger partial charge in [0.25, 0.3) is 0 Å². The molecule has 0 amide bonds. The second kappa shape index (κ2) is 5.32. The third-order valence-corrected chi connectivity index (χ3v) is 1.99. The smallest absolute Gasteiger partial charge is 0.122 e. The van der Waals surface area contributed by atoms with E-state index in [1.54, 1.807) is 7.11 Å². The Morgan fingerprint density at radius 3 is 2.87 bits per heavy atom. The van der Waals surface area contributed by atoms with Crippen LogP contribution < -0.4 is 4.74 Å². The molecule has 4 heteroatoms. The molecular formula is C11H15N3O. The van der Waals surface area contributed by atoms with Crippen molar-refractivity contribution in [2.75, 3.05) is 20.7 Å². The molecule has 0 aliphatic heterocycles. The van der Waals surface area contributed by atoms with E-state index in [-0.39, 0.29) is 0 Å². The minimum absolute atomic E-state index is 0.401. The van der Waals surface area contributed by atoms with Crippen molar-refractivity contribution in [1.29, 1.82) is 5.26 Å². The minimum atomic E-state index is 0.401. The molecule has 0 fully saturated rings. The zero-order chi connectivity index (χ0) is 11.3. The normalized spacial score (nSPS) is 10.1. The summed E-state index contributed by atoms with van der Waals surface area (Å²) in [6.45, 7) is 2.99. The van der Waals surface area contributed by atoms with Gasteiger partial charge in [-0.15, -0.1) is 0 Å². The fourth-order valence-corrected chi connectivity index (χ4v) is 1.35. The number of methoxy groups -OCH3 is 1. The molecule has 0 N–H and O–H groups in total. The topological polar surface area (TPSA) is 49.1 Å². The highest BCUT2D eigenvalue weighted by atomic mass is 16.5. The van der Waals surface area contributed by atoms with E-state index in [0.717, 1.165) is 17.1 Å². The minimum Gasteiger partial charge on any atom is -0.497 e. The molecule has 15 heavy (non-hydrogen) atoms. The molecule has 1 aromatic heterocycles. The molecule has 0 aliphatic carbocycles. The van der Waals surface area contributed by atoms with Crippen LogP contribution in [0.4, 0.5) is 0 Å². The number of ether oxygens (including phenoxy) is 1. The number of hydrogen-bond acceptors (Lipinski definition) is 4. The Bertz CT molecular complexity index is 371. The highest BCUT2D eigenvalue weighted by Gasteiger charge is 2.03. The maximum Gasteiger partial charge on any atom is 0.122 e. The molecule has 0 saturated heterocycles. The van der Waals surface area contributed by atoms with Gasteiger partial charge in [-0.3, -0.25) is 9.88 Å². The van der Waals surface area contributed by atoms with Gasteiger partial charge in [-0.25, -0.2) is 0 Å². The predicted molar refractivity (Wildman–Crippen MR) is 57.5 cm³/mol. The lowest BCUT2D eigenvalue weighted by Crippen LogP contribution is -2.18. The molecule has 0 aliphatic rings. The Balaban J connectivity index is 2.77. The van der Waals surface area contributed by atoms with Crippen LogP contribution in [0.5, 0.6) is 5.75 Å². The Morgan fingerprint density at radius 2 is 2.27 bits per heavy atom. The van der Waals surface area contributed by atoms with Crippen molar-refractivity contribution in [2.24, 2.45) is 0 Å². The fraction of sp³-hybridized carbons (Fsp3) is 0.455. The van der Waals surface area contributed by atoms with Gasteiger partial charge in [-0.2, -0.15) is 5.26 Å². The fourth-order valence-electron chi connectivity index (χ4n) is 1.35. The van der Waals surface area contributed by atoms with Gasteiger partial charge >= 0.3 is 0 Å². The molecule has 1 heterocycles. The molecule has 0 saturated carbocycles. The first-order valence-electron chi connectivity index (χ1n) is 4.72. The number of nitrogens with zero attached hydrogens (tertiary/aromatic N) is 3. The summed E-state index contributed by atoms with van der Waals surface area (Å²) >= 11 is 0. The van der Waals surface area contributed by atoms with E-state index < -0.39 is 0 Å². The Labute approximate surface area is 90.1 Å². The van der Waals surface area contributed by atoms with Gasteiger partial charge in [0.1, 0.15) is 5.75 Å². The molecule has 4 nitrogen and oxygen atoms in total. The molecule has 0 spiro atoms. The lowest BCUT2D eigenvalue weighted by atomic mass is 10.3. The number of rotatable bonds is 4. The van der Waals surface area contributed by atoms with Crippen LogP contribution in [0.15, 0.2) is 12.1 Å². The van der Waals surface area contributed by atoms with Crippen LogP contribution in [-0.4, -0.2) is 30.6 Å². The molecule has 1 aromatic rings. The van der Waals surface area contributed by atoms with Gasteiger partial charge in [0.15, 0.2) is 0 Å². The Morgan fingerprint density at radius 1 is 1.53 bits per heavy atom. The first-order chi connectivity index (χ1) is 7.15. The Hall–Kier alpha value is -1.60. The largest absolute Gasteiger partial charge is 0.497 e. The second-order valence-electron chi connectivity index (χ2n) is 3.47. The monoisotopic (exact) mass is 205 g/mol. The van der Waals surface area contributed by atoms with Crippen LogP contribution in [0.2, 0.25) is 0 Å². The summed E-state index contributed by atoms with van der Waals surface area (Å²) in [5.74, 6) is 0.808. The maximum atomic E-state index is 8.53. The summed E-state index contributed by atoms with van der Waals surface area (Å²) in [5, 5.41) is 8.53. The second-order valence-corrected chi connectivity index (χ2v) is 3.47. The summed E-state index contributed by atoms with van der Waals surface area (Å²) in [5.41, 5.74) is 1.85. The van der Waals surface area contributed by atoms with Crippen LogP contribution in [0, 0.1) is 18.3 Å². The van der Waals surface area contributed by atoms with Crippen molar-refractivity contribution >= 4 is 0 Å². The van der Waals surface area contributed by atoms with E-state index in [9.17, 15) is 0 Å². The number of hydrogen-bond donors (Lipinski definition) is 0. The molecule has 0 atom stereocenters. The third kappa shape index (κ3) is 3.56. The maximum absolute atomic E-state index is 8.53. The van der Waals surface area contributed by atoms with E-state index >= 15 is 0 Å². The summed E-state index contributed by atoms with van der Waals surface area (Å²) < 4.78 is 5.15. The molecule has 0 aromatic carbocycles. The molecule has 0 radical (unpaired) electrons. The number of aromatic nitrogens is 1. The summed E-state index contributed by atoms with van der Waals surface area (Å²) in [4.78, 5) is 6.28. The first kappa shape index (κ1) is 11.5. The highest BCUT2D eigenvalue weighted by molar-refractivity contribution is 5.26. The van der Waals surface area contributed by atoms with Gasteiger partial charge in [0.05, 0.1) is 25.4 Å². The van der Waals surface area contributed by atoms with Gasteiger partial charge < -0.3 is 4.74 Å². The van der Waals surface area contributed by atoms with Crippen LogP contribution >= 0.6 is 0 Å². The van der Waals surface area contributed by atoms with E-state index in [1.807, 2.05) is 31.0 Å². The zero-order valence-corrected chi connectivity index (χ0v) is 9.32. The molecule has 0 unspecified atom stereocenters. The highest BCUT2D eigenvalue weighted by Crippen LogP contribution is 2.14. The summed E-state index contributed by atoms with van der Waals surface area (Å²) in [6.07, 6.45) is 0. The van der Waals surface area contributed by atoms with E-state index in [0.29, 0.717) is 13.1 Å². The van der Waals surface area contributed by atoms with Crippen LogP contribution in [-0.2, 0) is 6.54 Å². The third-order valence-electron chi connectivity index (χ3n) is 1.99. The zero-order valence-electron chi connectivity index (χ0n) is 9.32. The van der Waals surface area contributed by atoms with Crippen molar-refractivity contribution in [3.63, 3.8) is 0 Å². The van der Waals surface area contributed by atoms with Crippen molar-refractivity contribution in [1.82, 2.24) is 9.88 Å². The van der Waals surface area contributed by atoms with E-state index in [2.05, 4.69) is 11.1 Å². The van der Waals surface area contributed by atoms with Crippen molar-refractivity contribution < 1.29 is 4.74 Å². The lowest BCUT2D eigenvalue weighted by molar-refractivity contribution is 0.359. The Kier molecular flexibility index (Phi) is 4.07. The standard InChI is InChI=1S/C11H15N3O/c1-9-6-11(15-3)7-10(13-9)8-14(2)5-4-12/h6-7H,5,8H2,1-3H3. The molecular weight excluding hydrogens is 190 g/mol. The van der Waals surface area contributed by atoms with Gasteiger partial charge in [-0.1, -0.05) is 0 Å². The average molecular weight is 205 g/mol. The predicted octanol–water partition coefficient (Wildman–Crippen LogP) is 1.35. The van der Waals surface area contributed by atoms with Crippen molar-refractivity contribution in [2.45, 2.75) is 13.5 Å². The number of pyridine rings is 1. The number of nitriles is 1. The van der Waals surface area contributed by atoms with Crippen LogP contribution in [0.1, 0.15) is 11.4 Å². The van der Waals surface area contributed by atoms with Crippen LogP contribution in [0.3, 0.4) is 0 Å². The molecule has 80 valence electrons. The molecule has 0 bridgehead atoms. The van der Waals surface area contributed by atoms with Gasteiger partial charge in [-0.05, 0) is 14.0 Å². The van der Waals surface area contributed by atoms with Crippen molar-refractivity contribution in [3.8, 4) is 11.8 Å². The first-order valence-corrected chi connectivity index (χ1v) is 4.72. The van der Waals surface area contributed by atoms with Gasteiger partial charge in [0, 0.05) is 24.4 Å². The van der Waals surface area contributed by atoms with Crippen LogP contribution in [0.25, 0.3) is 0 Å². The molecule has 1 rings (SSSR count).